The number of rotatable bonds is 5. The molecule has 1 aliphatic heterocycles. The molecule has 0 spiro atoms. The van der Waals surface area contributed by atoms with Gasteiger partial charge >= 0.3 is 0 Å². The Hall–Kier alpha value is -0.920. The summed E-state index contributed by atoms with van der Waals surface area (Å²) in [4.78, 5) is 8.22. The molecule has 2 heterocycles. The molecule has 2 rings (SSSR count). The molecule has 1 atom stereocenters. The Balaban J connectivity index is 1.81. The van der Waals surface area contributed by atoms with Gasteiger partial charge in [0.1, 0.15) is 5.82 Å². The van der Waals surface area contributed by atoms with Gasteiger partial charge in [0.2, 0.25) is 5.95 Å². The Morgan fingerprint density at radius 2 is 2.39 bits per heavy atom. The van der Waals surface area contributed by atoms with E-state index in [0.29, 0.717) is 12.1 Å². The van der Waals surface area contributed by atoms with Gasteiger partial charge in [-0.25, -0.2) is 10.8 Å². The van der Waals surface area contributed by atoms with Gasteiger partial charge in [-0.2, -0.15) is 4.98 Å². The van der Waals surface area contributed by atoms with Crippen LogP contribution in [0.5, 0.6) is 0 Å². The number of nitrogen functional groups attached to an aromatic ring is 1. The van der Waals surface area contributed by atoms with Crippen LogP contribution in [-0.2, 0) is 4.74 Å². The fourth-order valence-electron chi connectivity index (χ4n) is 1.95. The van der Waals surface area contributed by atoms with Gasteiger partial charge in [0.15, 0.2) is 0 Å². The molecule has 7 heteroatoms. The predicted molar refractivity (Wildman–Crippen MR) is 74.2 cm³/mol. The lowest BCUT2D eigenvalue weighted by Crippen LogP contribution is -2.22. The van der Waals surface area contributed by atoms with Crippen molar-refractivity contribution in [3.05, 3.63) is 10.7 Å². The van der Waals surface area contributed by atoms with Gasteiger partial charge in [-0.1, -0.05) is 0 Å². The fraction of sp³-hybridized carbons (Fsp3) is 0.636. The van der Waals surface area contributed by atoms with Crippen molar-refractivity contribution in [2.24, 2.45) is 5.84 Å². The summed E-state index contributed by atoms with van der Waals surface area (Å²) in [6.45, 7) is 1.72. The molecular weight excluding hydrogens is 298 g/mol. The Morgan fingerprint density at radius 3 is 3.11 bits per heavy atom. The summed E-state index contributed by atoms with van der Waals surface area (Å²) < 4.78 is 6.50. The number of hydrogen-bond acceptors (Lipinski definition) is 6. The van der Waals surface area contributed by atoms with Crippen molar-refractivity contribution in [2.45, 2.75) is 31.8 Å². The van der Waals surface area contributed by atoms with Crippen molar-refractivity contribution < 1.29 is 4.74 Å². The Bertz CT molecular complexity index is 384. The molecular formula is C11H18BrN5O. The normalized spacial score (nSPS) is 19.6. The van der Waals surface area contributed by atoms with Crippen LogP contribution >= 0.6 is 15.9 Å². The minimum absolute atomic E-state index is 0.374. The second-order valence-electron chi connectivity index (χ2n) is 4.24. The largest absolute Gasteiger partial charge is 0.378 e. The maximum atomic E-state index is 5.67. The number of anilines is 2. The molecule has 1 aromatic heterocycles. The van der Waals surface area contributed by atoms with Crippen molar-refractivity contribution in [2.75, 3.05) is 23.9 Å². The van der Waals surface area contributed by atoms with E-state index in [4.69, 9.17) is 10.6 Å². The third-order valence-corrected chi connectivity index (χ3v) is 3.49. The first-order chi connectivity index (χ1) is 8.79. The quantitative estimate of drug-likeness (QED) is 0.568. The van der Waals surface area contributed by atoms with Crippen molar-refractivity contribution in [1.29, 1.82) is 0 Å². The molecule has 0 aliphatic carbocycles. The number of nitrogens with one attached hydrogen (secondary N) is 2. The summed E-state index contributed by atoms with van der Waals surface area (Å²) in [7, 11) is 0. The van der Waals surface area contributed by atoms with Gasteiger partial charge in [-0.15, -0.1) is 0 Å². The molecule has 6 nitrogen and oxygen atoms in total. The van der Waals surface area contributed by atoms with Crippen LogP contribution in [0, 0.1) is 0 Å². The summed E-state index contributed by atoms with van der Waals surface area (Å²) in [6, 6.07) is 0. The van der Waals surface area contributed by atoms with Gasteiger partial charge < -0.3 is 10.1 Å². The highest BCUT2D eigenvalue weighted by molar-refractivity contribution is 9.10. The van der Waals surface area contributed by atoms with Crippen LogP contribution in [0.2, 0.25) is 0 Å². The SMILES string of the molecule is NNc1ncc(Br)c(NCCC2CCCCO2)n1. The summed E-state index contributed by atoms with van der Waals surface area (Å²) in [5, 5.41) is 3.26. The van der Waals surface area contributed by atoms with Crippen molar-refractivity contribution >= 4 is 27.7 Å². The first kappa shape index (κ1) is 13.5. The van der Waals surface area contributed by atoms with E-state index in [2.05, 4.69) is 36.6 Å². The molecule has 18 heavy (non-hydrogen) atoms. The summed E-state index contributed by atoms with van der Waals surface area (Å²) in [6.07, 6.45) is 6.64. The second kappa shape index (κ2) is 6.86. The van der Waals surface area contributed by atoms with E-state index < -0.39 is 0 Å². The molecule has 1 saturated heterocycles. The maximum absolute atomic E-state index is 5.67. The van der Waals surface area contributed by atoms with Crippen molar-refractivity contribution in [1.82, 2.24) is 9.97 Å². The van der Waals surface area contributed by atoms with Crippen LogP contribution in [0.25, 0.3) is 0 Å². The first-order valence-corrected chi connectivity index (χ1v) is 6.93. The molecule has 1 aliphatic rings. The van der Waals surface area contributed by atoms with Crippen LogP contribution in [-0.4, -0.2) is 29.2 Å². The third kappa shape index (κ3) is 3.79. The van der Waals surface area contributed by atoms with E-state index in [1.54, 1.807) is 6.20 Å². The number of ether oxygens (including phenoxy) is 1. The lowest BCUT2D eigenvalue weighted by atomic mass is 10.1. The Kier molecular flexibility index (Phi) is 5.15. The number of aromatic nitrogens is 2. The second-order valence-corrected chi connectivity index (χ2v) is 5.09. The zero-order chi connectivity index (χ0) is 12.8. The Morgan fingerprint density at radius 1 is 1.50 bits per heavy atom. The van der Waals surface area contributed by atoms with Gasteiger partial charge in [-0.05, 0) is 41.6 Å². The number of nitrogens with zero attached hydrogens (tertiary/aromatic N) is 2. The monoisotopic (exact) mass is 315 g/mol. The molecule has 0 amide bonds. The lowest BCUT2D eigenvalue weighted by molar-refractivity contribution is 0.0134. The molecule has 0 bridgehead atoms. The van der Waals surface area contributed by atoms with Gasteiger partial charge in [0.05, 0.1) is 10.6 Å². The van der Waals surface area contributed by atoms with E-state index >= 15 is 0 Å². The summed E-state index contributed by atoms with van der Waals surface area (Å²) in [5.74, 6) is 6.42. The van der Waals surface area contributed by atoms with Crippen molar-refractivity contribution in [3.63, 3.8) is 0 Å². The number of hydrazine groups is 1. The minimum atomic E-state index is 0.374. The smallest absolute Gasteiger partial charge is 0.239 e. The average Bonchev–Trinajstić information content (AvgIpc) is 2.42. The van der Waals surface area contributed by atoms with Crippen LogP contribution in [0.3, 0.4) is 0 Å². The minimum Gasteiger partial charge on any atom is -0.378 e. The standard InChI is InChI=1S/C11H18BrN5O/c12-9-7-15-11(17-13)16-10(9)14-5-4-8-3-1-2-6-18-8/h7-8H,1-6,13H2,(H2,14,15,16,17). The molecule has 0 radical (unpaired) electrons. The van der Waals surface area contributed by atoms with Crippen molar-refractivity contribution in [3.8, 4) is 0 Å². The predicted octanol–water partition coefficient (Wildman–Crippen LogP) is 1.90. The zero-order valence-corrected chi connectivity index (χ0v) is 11.7. The molecule has 0 saturated carbocycles. The topological polar surface area (TPSA) is 85.1 Å². The number of halogens is 1. The van der Waals surface area contributed by atoms with Crippen LogP contribution < -0.4 is 16.6 Å². The van der Waals surface area contributed by atoms with Crippen LogP contribution in [0.4, 0.5) is 11.8 Å². The third-order valence-electron chi connectivity index (χ3n) is 2.91. The summed E-state index contributed by atoms with van der Waals surface area (Å²) in [5.41, 5.74) is 2.43. The average molecular weight is 316 g/mol. The van der Waals surface area contributed by atoms with E-state index in [0.717, 1.165) is 36.3 Å². The highest BCUT2D eigenvalue weighted by atomic mass is 79.9. The number of nitrogens with two attached hydrogens (primary N) is 1. The molecule has 100 valence electrons. The highest BCUT2D eigenvalue weighted by Crippen LogP contribution is 2.20. The van der Waals surface area contributed by atoms with E-state index in [1.165, 1.54) is 12.8 Å². The summed E-state index contributed by atoms with van der Waals surface area (Å²) >= 11 is 3.40. The molecule has 1 aromatic rings. The van der Waals surface area contributed by atoms with Gasteiger partial charge in [0.25, 0.3) is 0 Å². The van der Waals surface area contributed by atoms with E-state index in [9.17, 15) is 0 Å². The zero-order valence-electron chi connectivity index (χ0n) is 10.2. The molecule has 0 aromatic carbocycles. The van der Waals surface area contributed by atoms with Gasteiger partial charge in [0, 0.05) is 19.3 Å². The molecule has 1 unspecified atom stereocenters. The molecule has 4 N–H and O–H groups in total. The lowest BCUT2D eigenvalue weighted by Gasteiger charge is -2.22. The van der Waals surface area contributed by atoms with E-state index in [-0.39, 0.29) is 0 Å². The Labute approximate surface area is 115 Å². The van der Waals surface area contributed by atoms with Gasteiger partial charge in [-0.3, -0.25) is 5.43 Å². The maximum Gasteiger partial charge on any atom is 0.239 e. The fourth-order valence-corrected chi connectivity index (χ4v) is 2.28. The molecule has 1 fully saturated rings. The van der Waals surface area contributed by atoms with E-state index in [1.807, 2.05) is 0 Å². The number of hydrogen-bond donors (Lipinski definition) is 3. The van der Waals surface area contributed by atoms with Crippen LogP contribution in [0.1, 0.15) is 25.7 Å². The highest BCUT2D eigenvalue weighted by Gasteiger charge is 2.13. The van der Waals surface area contributed by atoms with Crippen LogP contribution in [0.15, 0.2) is 10.7 Å². The first-order valence-electron chi connectivity index (χ1n) is 6.14.